The van der Waals surface area contributed by atoms with Gasteiger partial charge in [0, 0.05) is 12.0 Å². The van der Waals surface area contributed by atoms with Gasteiger partial charge in [0.2, 0.25) is 0 Å². The molecular weight excluding hydrogens is 238 g/mol. The van der Waals surface area contributed by atoms with E-state index in [2.05, 4.69) is 6.92 Å². The van der Waals surface area contributed by atoms with E-state index in [-0.39, 0.29) is 5.41 Å². The number of aliphatic hydroxyl groups excluding tert-OH is 1. The zero-order valence-corrected chi connectivity index (χ0v) is 11.9. The fourth-order valence-electron chi connectivity index (χ4n) is 3.09. The summed E-state index contributed by atoms with van der Waals surface area (Å²) in [5.41, 5.74) is 6.75. The lowest BCUT2D eigenvalue weighted by molar-refractivity contribution is -0.00828. The molecule has 0 bridgehead atoms. The lowest BCUT2D eigenvalue weighted by Gasteiger charge is -2.42. The first kappa shape index (κ1) is 14.4. The summed E-state index contributed by atoms with van der Waals surface area (Å²) in [5.74, 6) is 1.53. The molecular formula is C16H25NO2. The second-order valence-electron chi connectivity index (χ2n) is 5.93. The third kappa shape index (κ3) is 2.93. The third-order valence-electron chi connectivity index (χ3n) is 4.67. The SMILES string of the molecule is COc1cccc(C(O)C2(CN)CCC(C)CC2)c1. The molecule has 0 saturated heterocycles. The molecule has 3 nitrogen and oxygen atoms in total. The zero-order valence-electron chi connectivity index (χ0n) is 11.9. The molecule has 1 aliphatic rings. The molecule has 19 heavy (non-hydrogen) atoms. The molecule has 1 aromatic carbocycles. The topological polar surface area (TPSA) is 55.5 Å². The van der Waals surface area contributed by atoms with Gasteiger partial charge in [0.25, 0.3) is 0 Å². The Kier molecular flexibility index (Phi) is 4.48. The maximum Gasteiger partial charge on any atom is 0.119 e. The number of hydrogen-bond donors (Lipinski definition) is 2. The van der Waals surface area contributed by atoms with Crippen LogP contribution in [0.3, 0.4) is 0 Å². The number of methoxy groups -OCH3 is 1. The van der Waals surface area contributed by atoms with Crippen molar-refractivity contribution in [2.75, 3.05) is 13.7 Å². The van der Waals surface area contributed by atoms with Crippen molar-refractivity contribution in [3.8, 4) is 5.75 Å². The molecule has 0 heterocycles. The normalized spacial score (nSPS) is 28.9. The summed E-state index contributed by atoms with van der Waals surface area (Å²) in [6, 6.07) is 7.70. The Morgan fingerprint density at radius 2 is 2.11 bits per heavy atom. The highest BCUT2D eigenvalue weighted by Gasteiger charge is 2.40. The van der Waals surface area contributed by atoms with Gasteiger partial charge in [0.05, 0.1) is 13.2 Å². The van der Waals surface area contributed by atoms with Gasteiger partial charge in [0.15, 0.2) is 0 Å². The Hall–Kier alpha value is -1.06. The summed E-state index contributed by atoms with van der Waals surface area (Å²) in [4.78, 5) is 0. The van der Waals surface area contributed by atoms with Gasteiger partial charge in [-0.1, -0.05) is 31.9 Å². The zero-order chi connectivity index (χ0) is 13.9. The molecule has 2 rings (SSSR count). The van der Waals surface area contributed by atoms with E-state index in [4.69, 9.17) is 10.5 Å². The maximum atomic E-state index is 10.8. The minimum atomic E-state index is -0.500. The molecule has 1 aliphatic carbocycles. The summed E-state index contributed by atoms with van der Waals surface area (Å²) in [6.45, 7) is 2.82. The van der Waals surface area contributed by atoms with Gasteiger partial charge in [0.1, 0.15) is 5.75 Å². The number of benzene rings is 1. The van der Waals surface area contributed by atoms with Crippen LogP contribution in [0.5, 0.6) is 5.75 Å². The fourth-order valence-corrected chi connectivity index (χ4v) is 3.09. The number of ether oxygens (including phenoxy) is 1. The maximum absolute atomic E-state index is 10.8. The van der Waals surface area contributed by atoms with E-state index in [1.165, 1.54) is 0 Å². The molecule has 0 spiro atoms. The Bertz CT molecular complexity index is 411. The van der Waals surface area contributed by atoms with Gasteiger partial charge in [-0.2, -0.15) is 0 Å². The molecule has 0 amide bonds. The minimum Gasteiger partial charge on any atom is -0.497 e. The first-order valence-corrected chi connectivity index (χ1v) is 7.13. The molecule has 106 valence electrons. The number of nitrogens with two attached hydrogens (primary N) is 1. The van der Waals surface area contributed by atoms with Gasteiger partial charge in [-0.15, -0.1) is 0 Å². The van der Waals surface area contributed by atoms with Crippen LogP contribution in [0.4, 0.5) is 0 Å². The molecule has 0 aromatic heterocycles. The van der Waals surface area contributed by atoms with Crippen molar-refractivity contribution in [2.45, 2.75) is 38.7 Å². The van der Waals surface area contributed by atoms with E-state index in [0.29, 0.717) is 6.54 Å². The second kappa shape index (κ2) is 5.93. The van der Waals surface area contributed by atoms with E-state index in [1.807, 2.05) is 24.3 Å². The quantitative estimate of drug-likeness (QED) is 0.878. The highest BCUT2D eigenvalue weighted by Crippen LogP contribution is 2.47. The van der Waals surface area contributed by atoms with Crippen molar-refractivity contribution in [3.05, 3.63) is 29.8 Å². The summed E-state index contributed by atoms with van der Waals surface area (Å²) < 4.78 is 5.23. The number of hydrogen-bond acceptors (Lipinski definition) is 3. The summed E-state index contributed by atoms with van der Waals surface area (Å²) in [6.07, 6.45) is 3.81. The Balaban J connectivity index is 2.22. The van der Waals surface area contributed by atoms with Crippen LogP contribution in [0.2, 0.25) is 0 Å². The van der Waals surface area contributed by atoms with Crippen molar-refractivity contribution in [2.24, 2.45) is 17.1 Å². The Morgan fingerprint density at radius 3 is 2.68 bits per heavy atom. The van der Waals surface area contributed by atoms with E-state index >= 15 is 0 Å². The van der Waals surface area contributed by atoms with E-state index in [1.54, 1.807) is 7.11 Å². The van der Waals surface area contributed by atoms with Gasteiger partial charge in [-0.05, 0) is 36.5 Å². The molecule has 1 unspecified atom stereocenters. The predicted octanol–water partition coefficient (Wildman–Crippen LogP) is 2.88. The van der Waals surface area contributed by atoms with Crippen molar-refractivity contribution < 1.29 is 9.84 Å². The van der Waals surface area contributed by atoms with Gasteiger partial charge < -0.3 is 15.6 Å². The van der Waals surface area contributed by atoms with Crippen LogP contribution < -0.4 is 10.5 Å². The first-order chi connectivity index (χ1) is 9.11. The molecule has 3 heteroatoms. The smallest absolute Gasteiger partial charge is 0.119 e. The average molecular weight is 263 g/mol. The van der Waals surface area contributed by atoms with Crippen molar-refractivity contribution in [1.82, 2.24) is 0 Å². The molecule has 1 fully saturated rings. The summed E-state index contributed by atoms with van der Waals surface area (Å²) >= 11 is 0. The van der Waals surface area contributed by atoms with Crippen molar-refractivity contribution in [1.29, 1.82) is 0 Å². The van der Waals surface area contributed by atoms with Crippen molar-refractivity contribution in [3.63, 3.8) is 0 Å². The van der Waals surface area contributed by atoms with Crippen LogP contribution >= 0.6 is 0 Å². The van der Waals surface area contributed by atoms with Crippen LogP contribution in [0, 0.1) is 11.3 Å². The monoisotopic (exact) mass is 263 g/mol. The van der Waals surface area contributed by atoms with Crippen molar-refractivity contribution >= 4 is 0 Å². The molecule has 0 radical (unpaired) electrons. The second-order valence-corrected chi connectivity index (χ2v) is 5.93. The molecule has 1 atom stereocenters. The van der Waals surface area contributed by atoms with Crippen LogP contribution in [0.15, 0.2) is 24.3 Å². The van der Waals surface area contributed by atoms with Gasteiger partial charge in [-0.3, -0.25) is 0 Å². The lowest BCUT2D eigenvalue weighted by Crippen LogP contribution is -2.39. The summed E-state index contributed by atoms with van der Waals surface area (Å²) in [7, 11) is 1.65. The van der Waals surface area contributed by atoms with Crippen LogP contribution in [-0.2, 0) is 0 Å². The average Bonchev–Trinajstić information content (AvgIpc) is 2.48. The van der Waals surface area contributed by atoms with Crippen LogP contribution in [0.1, 0.15) is 44.3 Å². The van der Waals surface area contributed by atoms with Gasteiger partial charge in [-0.25, -0.2) is 0 Å². The lowest BCUT2D eigenvalue weighted by atomic mass is 9.66. The minimum absolute atomic E-state index is 0.168. The van der Waals surface area contributed by atoms with Crippen LogP contribution in [0.25, 0.3) is 0 Å². The highest BCUT2D eigenvalue weighted by molar-refractivity contribution is 5.31. The van der Waals surface area contributed by atoms with Gasteiger partial charge >= 0.3 is 0 Å². The number of rotatable bonds is 4. The summed E-state index contributed by atoms with van der Waals surface area (Å²) in [5, 5.41) is 10.8. The van der Waals surface area contributed by atoms with E-state index in [0.717, 1.165) is 42.9 Å². The Labute approximate surface area is 115 Å². The highest BCUT2D eigenvalue weighted by atomic mass is 16.5. The first-order valence-electron chi connectivity index (χ1n) is 7.13. The Morgan fingerprint density at radius 1 is 1.42 bits per heavy atom. The standard InChI is InChI=1S/C16H25NO2/c1-12-6-8-16(11-17,9-7-12)15(18)13-4-3-5-14(10-13)19-2/h3-5,10,12,15,18H,6-9,11,17H2,1-2H3. The largest absolute Gasteiger partial charge is 0.497 e. The molecule has 0 aliphatic heterocycles. The van der Waals surface area contributed by atoms with Crippen LogP contribution in [-0.4, -0.2) is 18.8 Å². The molecule has 1 saturated carbocycles. The number of aliphatic hydroxyl groups is 1. The molecule has 1 aromatic rings. The van der Waals surface area contributed by atoms with E-state index in [9.17, 15) is 5.11 Å². The fraction of sp³-hybridized carbons (Fsp3) is 0.625. The molecule has 3 N–H and O–H groups in total. The predicted molar refractivity (Wildman–Crippen MR) is 77.1 cm³/mol. The van der Waals surface area contributed by atoms with E-state index < -0.39 is 6.10 Å². The third-order valence-corrected chi connectivity index (χ3v) is 4.67.